The second kappa shape index (κ2) is 7.05. The molecule has 0 spiro atoms. The third-order valence-corrected chi connectivity index (χ3v) is 6.84. The van der Waals surface area contributed by atoms with Crippen LogP contribution in [-0.2, 0) is 10.0 Å². The Bertz CT molecular complexity index is 868. The molecule has 1 aliphatic carbocycles. The number of halogens is 2. The Morgan fingerprint density at radius 1 is 1.38 bits per heavy atom. The summed E-state index contributed by atoms with van der Waals surface area (Å²) in [5.74, 6) is -0.673. The lowest BCUT2D eigenvalue weighted by atomic mass is 10.2. The summed E-state index contributed by atoms with van der Waals surface area (Å²) in [5.41, 5.74) is 0.949. The number of aromatic hydroxyl groups is 1. The maximum Gasteiger partial charge on any atom is 0.319 e. The molecule has 0 saturated carbocycles. The molecule has 3 N–H and O–H groups in total. The number of nitrogens with one attached hydrogen (secondary N) is 2. The zero-order valence-corrected chi connectivity index (χ0v) is 15.6. The Hall–Kier alpha value is -1.84. The molecule has 1 aliphatic heterocycles. The third kappa shape index (κ3) is 3.51. The topological polar surface area (TPSA) is 98.7 Å². The third-order valence-electron chi connectivity index (χ3n) is 4.51. The van der Waals surface area contributed by atoms with Crippen LogP contribution in [0.5, 0.6) is 5.75 Å². The van der Waals surface area contributed by atoms with Crippen LogP contribution >= 0.6 is 11.6 Å². The fraction of sp³-hybridized carbons (Fsp3) is 0.438. The van der Waals surface area contributed by atoms with E-state index in [-0.39, 0.29) is 29.8 Å². The van der Waals surface area contributed by atoms with Gasteiger partial charge in [-0.05, 0) is 31.9 Å². The Balaban J connectivity index is 1.81. The van der Waals surface area contributed by atoms with Crippen molar-refractivity contribution in [2.24, 2.45) is 0 Å². The van der Waals surface area contributed by atoms with Gasteiger partial charge < -0.3 is 15.7 Å². The molecule has 7 nitrogen and oxygen atoms in total. The molecule has 1 saturated heterocycles. The highest BCUT2D eigenvalue weighted by molar-refractivity contribution is 7.89. The van der Waals surface area contributed by atoms with Gasteiger partial charge in [0.2, 0.25) is 10.0 Å². The average Bonchev–Trinajstić information content (AvgIpc) is 2.92. The van der Waals surface area contributed by atoms with Gasteiger partial charge in [-0.3, -0.25) is 0 Å². The van der Waals surface area contributed by atoms with Crippen molar-refractivity contribution >= 4 is 33.3 Å². The van der Waals surface area contributed by atoms with Gasteiger partial charge in [0.05, 0.1) is 16.8 Å². The summed E-state index contributed by atoms with van der Waals surface area (Å²) in [6.45, 7) is 1.33. The monoisotopic (exact) mass is 403 g/mol. The predicted octanol–water partition coefficient (Wildman–Crippen LogP) is 2.62. The highest BCUT2D eigenvalue weighted by Crippen LogP contribution is 2.39. The highest BCUT2D eigenvalue weighted by atomic mass is 35.5. The molecule has 1 aromatic carbocycles. The Morgan fingerprint density at radius 2 is 2.08 bits per heavy atom. The molecular formula is C16H19ClFN3O4S. The summed E-state index contributed by atoms with van der Waals surface area (Å²) >= 11 is 5.95. The number of allylic oxidation sites excluding steroid dienone is 1. The van der Waals surface area contributed by atoms with Crippen LogP contribution < -0.4 is 10.6 Å². The SMILES string of the molecule is CC1=CCC[C@H]1NC(=O)Nc1ccc(Cl)c(S(=O)(=O)N2CC(F)C2)c1O. The molecule has 1 aromatic rings. The Morgan fingerprint density at radius 3 is 2.65 bits per heavy atom. The second-order valence-corrected chi connectivity index (χ2v) is 8.65. The van der Waals surface area contributed by atoms with Crippen molar-refractivity contribution in [2.75, 3.05) is 18.4 Å². The molecule has 2 aliphatic rings. The molecule has 1 fully saturated rings. The number of anilines is 1. The van der Waals surface area contributed by atoms with E-state index < -0.39 is 32.9 Å². The summed E-state index contributed by atoms with van der Waals surface area (Å²) in [5, 5.41) is 15.4. The van der Waals surface area contributed by atoms with Crippen molar-refractivity contribution in [1.29, 1.82) is 0 Å². The van der Waals surface area contributed by atoms with Gasteiger partial charge in [-0.1, -0.05) is 23.3 Å². The summed E-state index contributed by atoms with van der Waals surface area (Å²) in [4.78, 5) is 11.6. The van der Waals surface area contributed by atoms with Crippen LogP contribution in [0.15, 0.2) is 28.7 Å². The number of benzene rings is 1. The van der Waals surface area contributed by atoms with Gasteiger partial charge in [-0.2, -0.15) is 4.31 Å². The number of hydrogen-bond donors (Lipinski definition) is 3. The van der Waals surface area contributed by atoms with E-state index in [0.717, 1.165) is 22.7 Å². The van der Waals surface area contributed by atoms with E-state index in [4.69, 9.17) is 11.6 Å². The van der Waals surface area contributed by atoms with Gasteiger partial charge in [-0.25, -0.2) is 17.6 Å². The van der Waals surface area contributed by atoms with Gasteiger partial charge in [0.1, 0.15) is 11.1 Å². The first kappa shape index (κ1) is 18.9. The minimum atomic E-state index is -4.16. The van der Waals surface area contributed by atoms with Crippen LogP contribution in [0, 0.1) is 0 Å². The molecule has 0 radical (unpaired) electrons. The minimum Gasteiger partial charge on any atom is -0.504 e. The van der Waals surface area contributed by atoms with E-state index in [1.807, 2.05) is 13.0 Å². The van der Waals surface area contributed by atoms with Crippen LogP contribution in [0.3, 0.4) is 0 Å². The number of phenolic OH excluding ortho intramolecular Hbond substituents is 1. The Labute approximate surface area is 155 Å². The molecular weight excluding hydrogens is 385 g/mol. The van der Waals surface area contributed by atoms with Crippen LogP contribution in [0.1, 0.15) is 19.8 Å². The van der Waals surface area contributed by atoms with E-state index in [1.54, 1.807) is 0 Å². The Kier molecular flexibility index (Phi) is 5.14. The van der Waals surface area contributed by atoms with Crippen LogP contribution in [0.4, 0.5) is 14.9 Å². The smallest absolute Gasteiger partial charge is 0.319 e. The summed E-state index contributed by atoms with van der Waals surface area (Å²) in [6.07, 6.45) is 2.45. The fourth-order valence-electron chi connectivity index (χ4n) is 2.96. The fourth-order valence-corrected chi connectivity index (χ4v) is 5.04. The number of alkyl halides is 1. The highest BCUT2D eigenvalue weighted by Gasteiger charge is 2.40. The van der Waals surface area contributed by atoms with Crippen molar-refractivity contribution in [1.82, 2.24) is 9.62 Å². The lowest BCUT2D eigenvalue weighted by Crippen LogP contribution is -2.51. The normalized spacial score (nSPS) is 21.2. The standard InChI is InChI=1S/C16H19ClFN3O4S/c1-9-3-2-4-12(9)19-16(23)20-13-6-5-11(17)15(14(13)22)26(24,25)21-7-10(18)8-21/h3,5-6,10,12,22H,2,4,7-8H2,1H3,(H2,19,20,23)/t12-/m1/s1. The van der Waals surface area contributed by atoms with E-state index in [1.165, 1.54) is 12.1 Å². The summed E-state index contributed by atoms with van der Waals surface area (Å²) in [7, 11) is -4.16. The van der Waals surface area contributed by atoms with Crippen LogP contribution in [0.2, 0.25) is 5.02 Å². The largest absolute Gasteiger partial charge is 0.504 e. The van der Waals surface area contributed by atoms with E-state index in [9.17, 15) is 22.7 Å². The predicted molar refractivity (Wildman–Crippen MR) is 95.7 cm³/mol. The molecule has 0 unspecified atom stereocenters. The minimum absolute atomic E-state index is 0.0950. The van der Waals surface area contributed by atoms with E-state index >= 15 is 0 Å². The van der Waals surface area contributed by atoms with Crippen molar-refractivity contribution in [3.63, 3.8) is 0 Å². The molecule has 0 bridgehead atoms. The number of nitrogens with zero attached hydrogens (tertiary/aromatic N) is 1. The maximum absolute atomic E-state index is 13.0. The number of carbonyl (C=O) groups is 1. The number of urea groups is 1. The maximum atomic E-state index is 13.0. The first-order chi connectivity index (χ1) is 12.2. The molecule has 3 rings (SSSR count). The van der Waals surface area contributed by atoms with E-state index in [0.29, 0.717) is 0 Å². The van der Waals surface area contributed by atoms with Crippen molar-refractivity contribution < 1.29 is 22.7 Å². The van der Waals surface area contributed by atoms with Gasteiger partial charge in [-0.15, -0.1) is 0 Å². The number of carbonyl (C=O) groups excluding carboxylic acids is 1. The molecule has 2 amide bonds. The van der Waals surface area contributed by atoms with Gasteiger partial charge in [0.25, 0.3) is 0 Å². The van der Waals surface area contributed by atoms with Crippen LogP contribution in [0.25, 0.3) is 0 Å². The van der Waals surface area contributed by atoms with Gasteiger partial charge >= 0.3 is 6.03 Å². The molecule has 1 heterocycles. The van der Waals surface area contributed by atoms with Crippen molar-refractivity contribution in [3.05, 3.63) is 28.8 Å². The molecule has 10 heteroatoms. The summed E-state index contributed by atoms with van der Waals surface area (Å²) < 4.78 is 39.0. The molecule has 142 valence electrons. The molecule has 1 atom stereocenters. The number of amides is 2. The van der Waals surface area contributed by atoms with E-state index in [2.05, 4.69) is 10.6 Å². The quantitative estimate of drug-likeness (QED) is 0.531. The van der Waals surface area contributed by atoms with Crippen molar-refractivity contribution in [3.8, 4) is 5.75 Å². The molecule has 26 heavy (non-hydrogen) atoms. The number of sulfonamides is 1. The zero-order valence-electron chi connectivity index (χ0n) is 14.0. The lowest BCUT2D eigenvalue weighted by molar-refractivity contribution is 0.141. The van der Waals surface area contributed by atoms with Gasteiger partial charge in [0, 0.05) is 13.1 Å². The lowest BCUT2D eigenvalue weighted by Gasteiger charge is -2.33. The number of phenols is 1. The van der Waals surface area contributed by atoms with Gasteiger partial charge in [0.15, 0.2) is 5.75 Å². The first-order valence-corrected chi connectivity index (χ1v) is 9.92. The summed E-state index contributed by atoms with van der Waals surface area (Å²) in [6, 6.07) is 1.90. The first-order valence-electron chi connectivity index (χ1n) is 8.10. The number of hydrogen-bond acceptors (Lipinski definition) is 4. The van der Waals surface area contributed by atoms with Crippen molar-refractivity contribution in [2.45, 2.75) is 36.9 Å². The average molecular weight is 404 g/mol. The van der Waals surface area contributed by atoms with Crippen LogP contribution in [-0.4, -0.2) is 49.2 Å². The zero-order chi connectivity index (χ0) is 19.1. The molecule has 0 aromatic heterocycles. The second-order valence-electron chi connectivity index (χ2n) is 6.37. The number of rotatable bonds is 4.